The minimum Gasteiger partial charge on any atom is -0.463 e. The smallest absolute Gasteiger partial charge is 0.334 e. The number of hydrogen-bond acceptors (Lipinski definition) is 3. The summed E-state index contributed by atoms with van der Waals surface area (Å²) in [6.07, 6.45) is 5.77. The van der Waals surface area contributed by atoms with Crippen LogP contribution < -0.4 is 5.32 Å². The van der Waals surface area contributed by atoms with Gasteiger partial charge in [0.15, 0.2) is 0 Å². The van der Waals surface area contributed by atoms with E-state index < -0.39 is 0 Å². The van der Waals surface area contributed by atoms with Gasteiger partial charge in [0, 0.05) is 24.6 Å². The van der Waals surface area contributed by atoms with E-state index in [-0.39, 0.29) is 12.0 Å². The third-order valence-electron chi connectivity index (χ3n) is 1.65. The summed E-state index contributed by atoms with van der Waals surface area (Å²) in [6, 6.07) is 0.186. The Morgan fingerprint density at radius 1 is 1.71 bits per heavy atom. The third kappa shape index (κ3) is 5.39. The van der Waals surface area contributed by atoms with E-state index >= 15 is 0 Å². The summed E-state index contributed by atoms with van der Waals surface area (Å²) in [5, 5.41) is 3.08. The standard InChI is InChI=1S/C11H17NO2/c1-5-7-10(4)12-8-9(3)11(13)14-6-2/h1,10,12H,3,6-8H2,2,4H3. The molecule has 0 aromatic rings. The Bertz CT molecular complexity index is 240. The van der Waals surface area contributed by atoms with Gasteiger partial charge in [-0.15, -0.1) is 12.3 Å². The highest BCUT2D eigenvalue weighted by molar-refractivity contribution is 5.88. The molecule has 0 saturated carbocycles. The van der Waals surface area contributed by atoms with E-state index in [0.717, 1.165) is 0 Å². The first-order valence-corrected chi connectivity index (χ1v) is 4.63. The Morgan fingerprint density at radius 2 is 2.36 bits per heavy atom. The van der Waals surface area contributed by atoms with Gasteiger partial charge in [-0.25, -0.2) is 4.79 Å². The van der Waals surface area contributed by atoms with Gasteiger partial charge in [0.1, 0.15) is 0 Å². The van der Waals surface area contributed by atoms with E-state index in [1.165, 1.54) is 0 Å². The summed E-state index contributed by atoms with van der Waals surface area (Å²) in [4.78, 5) is 11.1. The fraction of sp³-hybridized carbons (Fsp3) is 0.545. The van der Waals surface area contributed by atoms with Crippen molar-refractivity contribution in [2.24, 2.45) is 0 Å². The summed E-state index contributed by atoms with van der Waals surface area (Å²) in [5.74, 6) is 2.18. The minimum absolute atomic E-state index is 0.186. The minimum atomic E-state index is -0.354. The Morgan fingerprint density at radius 3 is 2.86 bits per heavy atom. The van der Waals surface area contributed by atoms with Crippen LogP contribution in [0.5, 0.6) is 0 Å². The van der Waals surface area contributed by atoms with Crippen molar-refractivity contribution in [3.8, 4) is 12.3 Å². The van der Waals surface area contributed by atoms with Crippen molar-refractivity contribution in [1.29, 1.82) is 0 Å². The average molecular weight is 195 g/mol. The molecule has 0 rings (SSSR count). The van der Waals surface area contributed by atoms with Gasteiger partial charge in [-0.1, -0.05) is 6.58 Å². The van der Waals surface area contributed by atoms with Crippen molar-refractivity contribution in [3.05, 3.63) is 12.2 Å². The molecule has 14 heavy (non-hydrogen) atoms. The molecular formula is C11H17NO2. The van der Waals surface area contributed by atoms with Gasteiger partial charge in [-0.05, 0) is 13.8 Å². The van der Waals surface area contributed by atoms with E-state index in [9.17, 15) is 4.79 Å². The highest BCUT2D eigenvalue weighted by Gasteiger charge is 2.08. The van der Waals surface area contributed by atoms with E-state index in [1.54, 1.807) is 6.92 Å². The van der Waals surface area contributed by atoms with Gasteiger partial charge < -0.3 is 10.1 Å². The maximum atomic E-state index is 11.1. The summed E-state index contributed by atoms with van der Waals surface area (Å²) in [6.45, 7) is 8.13. The van der Waals surface area contributed by atoms with Crippen molar-refractivity contribution in [2.75, 3.05) is 13.2 Å². The third-order valence-corrected chi connectivity index (χ3v) is 1.65. The van der Waals surface area contributed by atoms with Crippen LogP contribution in [0, 0.1) is 12.3 Å². The molecule has 0 bridgehead atoms. The lowest BCUT2D eigenvalue weighted by molar-refractivity contribution is -0.138. The summed E-state index contributed by atoms with van der Waals surface area (Å²) in [5.41, 5.74) is 0.427. The number of nitrogens with one attached hydrogen (secondary N) is 1. The zero-order valence-electron chi connectivity index (χ0n) is 8.80. The molecule has 1 unspecified atom stereocenters. The molecule has 3 heteroatoms. The Kier molecular flexibility index (Phi) is 6.51. The highest BCUT2D eigenvalue weighted by Crippen LogP contribution is 1.95. The van der Waals surface area contributed by atoms with E-state index in [2.05, 4.69) is 17.8 Å². The first-order valence-electron chi connectivity index (χ1n) is 4.63. The second-order valence-corrected chi connectivity index (χ2v) is 3.01. The molecule has 0 saturated heterocycles. The van der Waals surface area contributed by atoms with E-state index in [4.69, 9.17) is 11.2 Å². The van der Waals surface area contributed by atoms with Crippen LogP contribution in [0.2, 0.25) is 0 Å². The lowest BCUT2D eigenvalue weighted by Crippen LogP contribution is -2.29. The summed E-state index contributed by atoms with van der Waals surface area (Å²) >= 11 is 0. The molecule has 1 N–H and O–H groups in total. The second kappa shape index (κ2) is 7.16. The monoisotopic (exact) mass is 195 g/mol. The predicted octanol–water partition coefficient (Wildman–Crippen LogP) is 1.11. The zero-order chi connectivity index (χ0) is 11.0. The van der Waals surface area contributed by atoms with Crippen LogP contribution in [0.4, 0.5) is 0 Å². The van der Waals surface area contributed by atoms with Crippen molar-refractivity contribution < 1.29 is 9.53 Å². The molecule has 0 aliphatic carbocycles. The number of terminal acetylenes is 1. The van der Waals surface area contributed by atoms with Crippen LogP contribution in [0.25, 0.3) is 0 Å². The highest BCUT2D eigenvalue weighted by atomic mass is 16.5. The molecule has 3 nitrogen and oxygen atoms in total. The molecule has 1 atom stereocenters. The normalized spacial score (nSPS) is 11.5. The number of carbonyl (C=O) groups is 1. The molecule has 0 aromatic heterocycles. The number of carbonyl (C=O) groups excluding carboxylic acids is 1. The molecule has 78 valence electrons. The first-order chi connectivity index (χ1) is 6.61. The van der Waals surface area contributed by atoms with Crippen LogP contribution in [0.15, 0.2) is 12.2 Å². The first kappa shape index (κ1) is 12.7. The SMILES string of the molecule is C#CCC(C)NCC(=C)C(=O)OCC. The Balaban J connectivity index is 3.74. The molecule has 0 heterocycles. The van der Waals surface area contributed by atoms with Crippen LogP contribution in [0.1, 0.15) is 20.3 Å². The molecule has 0 aromatic carbocycles. The molecular weight excluding hydrogens is 178 g/mol. The van der Waals surface area contributed by atoms with Gasteiger partial charge in [-0.2, -0.15) is 0 Å². The van der Waals surface area contributed by atoms with Gasteiger partial charge in [0.25, 0.3) is 0 Å². The molecule has 0 aliphatic heterocycles. The second-order valence-electron chi connectivity index (χ2n) is 3.01. The van der Waals surface area contributed by atoms with Gasteiger partial charge in [0.05, 0.1) is 6.61 Å². The molecule has 0 fully saturated rings. The maximum absolute atomic E-state index is 11.1. The van der Waals surface area contributed by atoms with Crippen molar-refractivity contribution in [3.63, 3.8) is 0 Å². The van der Waals surface area contributed by atoms with E-state index in [1.807, 2.05) is 6.92 Å². The number of hydrogen-bond donors (Lipinski definition) is 1. The van der Waals surface area contributed by atoms with Crippen molar-refractivity contribution in [2.45, 2.75) is 26.3 Å². The van der Waals surface area contributed by atoms with E-state index in [0.29, 0.717) is 25.1 Å². The van der Waals surface area contributed by atoms with Gasteiger partial charge in [0.2, 0.25) is 0 Å². The lowest BCUT2D eigenvalue weighted by Gasteiger charge is -2.11. The zero-order valence-corrected chi connectivity index (χ0v) is 8.80. The summed E-state index contributed by atoms with van der Waals surface area (Å²) in [7, 11) is 0. The summed E-state index contributed by atoms with van der Waals surface area (Å²) < 4.78 is 4.78. The molecule has 0 aliphatic rings. The Hall–Kier alpha value is -1.27. The lowest BCUT2D eigenvalue weighted by atomic mass is 10.2. The topological polar surface area (TPSA) is 38.3 Å². The fourth-order valence-electron chi connectivity index (χ4n) is 0.852. The largest absolute Gasteiger partial charge is 0.463 e. The van der Waals surface area contributed by atoms with Crippen molar-refractivity contribution >= 4 is 5.97 Å². The van der Waals surface area contributed by atoms with Crippen LogP contribution in [0.3, 0.4) is 0 Å². The van der Waals surface area contributed by atoms with Crippen LogP contribution in [-0.4, -0.2) is 25.2 Å². The quantitative estimate of drug-likeness (QED) is 0.392. The Labute approximate surface area is 85.5 Å². The number of rotatable bonds is 6. The van der Waals surface area contributed by atoms with Gasteiger partial charge in [-0.3, -0.25) is 0 Å². The average Bonchev–Trinajstić information content (AvgIpc) is 2.15. The predicted molar refractivity (Wildman–Crippen MR) is 56.7 cm³/mol. The molecule has 0 spiro atoms. The maximum Gasteiger partial charge on any atom is 0.334 e. The number of ether oxygens (including phenoxy) is 1. The van der Waals surface area contributed by atoms with Gasteiger partial charge >= 0.3 is 5.97 Å². The van der Waals surface area contributed by atoms with Crippen molar-refractivity contribution in [1.82, 2.24) is 5.32 Å². The van der Waals surface area contributed by atoms with Crippen LogP contribution in [-0.2, 0) is 9.53 Å². The fourth-order valence-corrected chi connectivity index (χ4v) is 0.852. The van der Waals surface area contributed by atoms with Crippen LogP contribution >= 0.6 is 0 Å². The molecule has 0 radical (unpaired) electrons. The number of esters is 1. The molecule has 0 amide bonds.